The van der Waals surface area contributed by atoms with Crippen molar-refractivity contribution >= 4 is 51.7 Å². The number of anilines is 4. The summed E-state index contributed by atoms with van der Waals surface area (Å²) in [6, 6.07) is 8.05. The second kappa shape index (κ2) is 12.5. The van der Waals surface area contributed by atoms with E-state index in [1.165, 1.54) is 22.6 Å². The first-order chi connectivity index (χ1) is 19.5. The number of nitrogens with zero attached hydrogens (tertiary/aromatic N) is 7. The van der Waals surface area contributed by atoms with Gasteiger partial charge in [-0.2, -0.15) is 4.98 Å². The highest BCUT2D eigenvalue weighted by Gasteiger charge is 2.24. The normalized spacial score (nSPS) is 11.3. The highest BCUT2D eigenvalue weighted by molar-refractivity contribution is 6.29. The van der Waals surface area contributed by atoms with Crippen molar-refractivity contribution in [2.75, 3.05) is 48.9 Å². The minimum atomic E-state index is -0.399. The van der Waals surface area contributed by atoms with Gasteiger partial charge in [-0.3, -0.25) is 4.79 Å². The molecule has 0 unspecified atom stereocenters. The number of aromatic nitrogens is 4. The van der Waals surface area contributed by atoms with Crippen LogP contribution in [-0.4, -0.2) is 70.7 Å². The highest BCUT2D eigenvalue weighted by Crippen LogP contribution is 2.40. The lowest BCUT2D eigenvalue weighted by atomic mass is 10.1. The number of hydrogen-bond acceptors (Lipinski definition) is 8. The molecule has 0 bridgehead atoms. The van der Waals surface area contributed by atoms with Crippen molar-refractivity contribution in [1.82, 2.24) is 24.4 Å². The maximum absolute atomic E-state index is 13.9. The second-order valence-corrected chi connectivity index (χ2v) is 10.4. The molecule has 0 aliphatic rings. The van der Waals surface area contributed by atoms with Crippen LogP contribution in [0.4, 0.5) is 27.5 Å². The van der Waals surface area contributed by atoms with Crippen LogP contribution in [-0.2, 0) is 11.8 Å². The molecule has 0 atom stereocenters. The number of pyridine rings is 1. The molecular weight excluding hydrogens is 547 g/mol. The zero-order valence-corrected chi connectivity index (χ0v) is 24.8. The van der Waals surface area contributed by atoms with Crippen LogP contribution in [0, 0.1) is 5.82 Å². The van der Waals surface area contributed by atoms with Gasteiger partial charge < -0.3 is 24.4 Å². The van der Waals surface area contributed by atoms with Crippen molar-refractivity contribution in [2.24, 2.45) is 7.05 Å². The number of amides is 1. The van der Waals surface area contributed by atoms with Crippen molar-refractivity contribution in [3.05, 3.63) is 61.2 Å². The SMILES string of the molecule is C=CC(=O)Nc1cc(N(Cl)c2nccc(-c3cn(C)c4cc(F)ccc34)n2)c(OC(C)C)nc1N(C)CCN(C)C. The Morgan fingerprint density at radius 1 is 1.20 bits per heavy atom. The number of nitrogens with one attached hydrogen (secondary N) is 1. The van der Waals surface area contributed by atoms with Gasteiger partial charge in [-0.05, 0) is 64.4 Å². The van der Waals surface area contributed by atoms with Gasteiger partial charge in [-0.1, -0.05) is 6.58 Å². The third-order valence-corrected chi connectivity index (χ3v) is 6.58. The molecular formula is C29H34ClFN8O2. The summed E-state index contributed by atoms with van der Waals surface area (Å²) >= 11 is 6.88. The number of hydrogen-bond donors (Lipinski definition) is 1. The molecule has 10 nitrogen and oxygen atoms in total. The van der Waals surface area contributed by atoms with E-state index in [2.05, 4.69) is 21.8 Å². The second-order valence-electron chi connectivity index (χ2n) is 10.1. The Balaban J connectivity index is 1.81. The van der Waals surface area contributed by atoms with Gasteiger partial charge in [-0.25, -0.2) is 18.8 Å². The first kappa shape index (κ1) is 29.8. The Morgan fingerprint density at radius 3 is 2.63 bits per heavy atom. The van der Waals surface area contributed by atoms with Crippen LogP contribution in [0.3, 0.4) is 0 Å². The van der Waals surface area contributed by atoms with Gasteiger partial charge in [0.05, 0.1) is 23.0 Å². The van der Waals surface area contributed by atoms with Crippen molar-refractivity contribution in [3.63, 3.8) is 0 Å². The van der Waals surface area contributed by atoms with E-state index in [0.29, 0.717) is 29.4 Å². The lowest BCUT2D eigenvalue weighted by Gasteiger charge is -2.26. The fourth-order valence-electron chi connectivity index (χ4n) is 4.21. The summed E-state index contributed by atoms with van der Waals surface area (Å²) < 4.78 is 23.0. The molecule has 0 aliphatic heterocycles. The molecule has 41 heavy (non-hydrogen) atoms. The molecule has 0 saturated carbocycles. The summed E-state index contributed by atoms with van der Waals surface area (Å²) in [6.45, 7) is 8.73. The molecule has 12 heteroatoms. The van der Waals surface area contributed by atoms with Gasteiger partial charge in [0.15, 0.2) is 5.82 Å². The van der Waals surface area contributed by atoms with Gasteiger partial charge in [-0.15, -0.1) is 0 Å². The van der Waals surface area contributed by atoms with Crippen LogP contribution < -0.4 is 19.4 Å². The van der Waals surface area contributed by atoms with Gasteiger partial charge >= 0.3 is 0 Å². The summed E-state index contributed by atoms with van der Waals surface area (Å²) in [7, 11) is 7.69. The summed E-state index contributed by atoms with van der Waals surface area (Å²) in [5.41, 5.74) is 2.88. The molecule has 1 N–H and O–H groups in total. The Hall–Kier alpha value is -4.22. The number of fused-ring (bicyclic) bond motifs is 1. The Bertz CT molecular complexity index is 1570. The molecule has 0 fully saturated rings. The van der Waals surface area contributed by atoms with Gasteiger partial charge in [0, 0.05) is 62.3 Å². The number of halogens is 2. The molecule has 0 radical (unpaired) electrons. The standard InChI is InChI=1S/C29H34ClFN8O2/c1-8-26(40)33-23-16-25(28(41-18(2)3)35-27(23)37(6)14-13-36(4)5)39(30)29-32-12-11-22(34-29)21-17-38(7)24-15-19(31)9-10-20(21)24/h8-12,15-18H,1,13-14H2,2-7H3,(H,33,40). The van der Waals surface area contributed by atoms with Crippen molar-refractivity contribution in [1.29, 1.82) is 0 Å². The maximum Gasteiger partial charge on any atom is 0.247 e. The van der Waals surface area contributed by atoms with E-state index in [0.717, 1.165) is 23.0 Å². The van der Waals surface area contributed by atoms with E-state index in [1.54, 1.807) is 24.4 Å². The van der Waals surface area contributed by atoms with E-state index in [-0.39, 0.29) is 23.7 Å². The van der Waals surface area contributed by atoms with Gasteiger partial charge in [0.25, 0.3) is 0 Å². The third-order valence-electron chi connectivity index (χ3n) is 6.24. The third kappa shape index (κ3) is 6.75. The number of carbonyl (C=O) groups excluding carboxylic acids is 1. The minimum absolute atomic E-state index is 0.161. The highest BCUT2D eigenvalue weighted by atomic mass is 35.5. The molecule has 3 heterocycles. The van der Waals surface area contributed by atoms with E-state index < -0.39 is 5.91 Å². The molecule has 1 aromatic carbocycles. The first-order valence-corrected chi connectivity index (χ1v) is 13.4. The van der Waals surface area contributed by atoms with Gasteiger partial charge in [0.1, 0.15) is 11.5 Å². The Morgan fingerprint density at radius 2 is 1.95 bits per heavy atom. The molecule has 4 aromatic rings. The zero-order chi connectivity index (χ0) is 29.8. The number of aryl methyl sites for hydroxylation is 1. The van der Waals surface area contributed by atoms with Crippen LogP contribution in [0.25, 0.3) is 22.2 Å². The number of benzene rings is 1. The number of carbonyl (C=O) groups is 1. The fraction of sp³-hybridized carbons (Fsp3) is 0.310. The summed E-state index contributed by atoms with van der Waals surface area (Å²) in [6.07, 6.45) is 4.44. The van der Waals surface area contributed by atoms with E-state index in [1.807, 2.05) is 57.7 Å². The predicted molar refractivity (Wildman–Crippen MR) is 163 cm³/mol. The van der Waals surface area contributed by atoms with E-state index >= 15 is 0 Å². The lowest BCUT2D eigenvalue weighted by molar-refractivity contribution is -0.111. The topological polar surface area (TPSA) is 91.6 Å². The quantitative estimate of drug-likeness (QED) is 0.187. The smallest absolute Gasteiger partial charge is 0.247 e. The van der Waals surface area contributed by atoms with Gasteiger partial charge in [0.2, 0.25) is 17.7 Å². The number of rotatable bonds is 11. The summed E-state index contributed by atoms with van der Waals surface area (Å²) in [5, 5.41) is 3.67. The molecule has 3 aromatic heterocycles. The molecule has 0 saturated heterocycles. The van der Waals surface area contributed by atoms with E-state index in [9.17, 15) is 9.18 Å². The van der Waals surface area contributed by atoms with E-state index in [4.69, 9.17) is 26.5 Å². The van der Waals surface area contributed by atoms with Crippen molar-refractivity contribution in [3.8, 4) is 17.1 Å². The summed E-state index contributed by atoms with van der Waals surface area (Å²) in [4.78, 5) is 30.2. The molecule has 0 aliphatic carbocycles. The molecule has 4 rings (SSSR count). The molecule has 216 valence electrons. The minimum Gasteiger partial charge on any atom is -0.473 e. The molecule has 0 spiro atoms. The van der Waals surface area contributed by atoms with Crippen LogP contribution in [0.15, 0.2) is 55.4 Å². The number of likely N-dealkylation sites (N-methyl/N-ethyl adjacent to an activating group) is 2. The fourth-order valence-corrected chi connectivity index (χ4v) is 4.41. The van der Waals surface area contributed by atoms with Crippen LogP contribution >= 0.6 is 11.8 Å². The van der Waals surface area contributed by atoms with Crippen LogP contribution in [0.2, 0.25) is 0 Å². The van der Waals surface area contributed by atoms with Crippen LogP contribution in [0.1, 0.15) is 13.8 Å². The first-order valence-electron chi connectivity index (χ1n) is 13.0. The predicted octanol–water partition coefficient (Wildman–Crippen LogP) is 5.37. The Kier molecular flexibility index (Phi) is 9.09. The number of ether oxygens (including phenoxy) is 1. The average molecular weight is 581 g/mol. The van der Waals surface area contributed by atoms with Crippen LogP contribution in [0.5, 0.6) is 5.88 Å². The monoisotopic (exact) mass is 580 g/mol. The lowest BCUT2D eigenvalue weighted by Crippen LogP contribution is -2.30. The summed E-state index contributed by atoms with van der Waals surface area (Å²) in [5.74, 6) is 0.190. The zero-order valence-electron chi connectivity index (χ0n) is 24.0. The Labute approximate surface area is 244 Å². The largest absolute Gasteiger partial charge is 0.473 e. The van der Waals surface area contributed by atoms with Crippen molar-refractivity contribution in [2.45, 2.75) is 20.0 Å². The average Bonchev–Trinajstić information content (AvgIpc) is 3.26. The van der Waals surface area contributed by atoms with Crippen molar-refractivity contribution < 1.29 is 13.9 Å². The maximum atomic E-state index is 13.9. The molecule has 1 amide bonds.